The molecule has 2 aromatic carbocycles. The number of Topliss-reactive ketones (excluding diaryl/α,β-unsaturated/α-hetero) is 1. The number of hydrogen-bond donors (Lipinski definition) is 1. The third kappa shape index (κ3) is 5.33. The maximum Gasteiger partial charge on any atom is 0.295 e. The van der Waals surface area contributed by atoms with Crippen LogP contribution in [0.4, 0.5) is 0 Å². The number of amides is 1. The Labute approximate surface area is 205 Å². The average molecular weight is 481 g/mol. The van der Waals surface area contributed by atoms with Gasteiger partial charge in [0.25, 0.3) is 5.91 Å². The number of benzene rings is 2. The van der Waals surface area contributed by atoms with Crippen LogP contribution >= 0.6 is 0 Å². The molecule has 186 valence electrons. The fourth-order valence-electron chi connectivity index (χ4n) is 4.62. The van der Waals surface area contributed by atoms with Gasteiger partial charge in [0, 0.05) is 5.57 Å². The van der Waals surface area contributed by atoms with Crippen molar-refractivity contribution in [3.8, 4) is 11.5 Å². The maximum atomic E-state index is 13.5. The molecule has 2 fully saturated rings. The van der Waals surface area contributed by atoms with E-state index in [1.54, 1.807) is 48.5 Å². The van der Waals surface area contributed by atoms with E-state index in [1.165, 1.54) is 9.80 Å². The van der Waals surface area contributed by atoms with E-state index in [0.29, 0.717) is 62.1 Å². The van der Waals surface area contributed by atoms with Crippen molar-refractivity contribution in [3.63, 3.8) is 0 Å². The Bertz CT molecular complexity index is 1080. The number of ketones is 1. The zero-order chi connectivity index (χ0) is 24.8. The van der Waals surface area contributed by atoms with Crippen molar-refractivity contribution < 1.29 is 33.8 Å². The molecule has 2 aliphatic heterocycles. The number of ether oxygens (including phenoxy) is 3. The van der Waals surface area contributed by atoms with Gasteiger partial charge in [0.2, 0.25) is 5.78 Å². The molecule has 2 heterocycles. The van der Waals surface area contributed by atoms with Crippen molar-refractivity contribution in [1.82, 2.24) is 4.90 Å². The minimum absolute atomic E-state index is 0.0233. The Morgan fingerprint density at radius 3 is 2.40 bits per heavy atom. The SMILES string of the molecule is CCOc1ccc(C2C(=C([O-])c3ccccc3)C(=O)C(=O)N2CC[NH+]2CCOCC2)cc1OCC. The number of nitrogens with one attached hydrogen (secondary N) is 1. The summed E-state index contributed by atoms with van der Waals surface area (Å²) < 4.78 is 16.9. The number of hydrogen-bond acceptors (Lipinski definition) is 6. The van der Waals surface area contributed by atoms with Gasteiger partial charge in [-0.1, -0.05) is 42.2 Å². The Morgan fingerprint density at radius 2 is 1.71 bits per heavy atom. The van der Waals surface area contributed by atoms with Crippen LogP contribution in [-0.2, 0) is 14.3 Å². The summed E-state index contributed by atoms with van der Waals surface area (Å²) >= 11 is 0. The van der Waals surface area contributed by atoms with Crippen LogP contribution in [0.5, 0.6) is 11.5 Å². The molecule has 1 N–H and O–H groups in total. The number of quaternary nitrogens is 1. The molecule has 4 rings (SSSR count). The normalized spacial score (nSPS) is 20.3. The summed E-state index contributed by atoms with van der Waals surface area (Å²) in [6.45, 7) is 8.72. The first-order valence-corrected chi connectivity index (χ1v) is 12.2. The van der Waals surface area contributed by atoms with Crippen molar-refractivity contribution in [2.75, 3.05) is 52.6 Å². The topological polar surface area (TPSA) is 92.6 Å². The summed E-state index contributed by atoms with van der Waals surface area (Å²) in [5.74, 6) is -0.721. The van der Waals surface area contributed by atoms with Gasteiger partial charge in [0.15, 0.2) is 11.5 Å². The minimum atomic E-state index is -0.793. The molecule has 0 aromatic heterocycles. The molecule has 8 nitrogen and oxygen atoms in total. The van der Waals surface area contributed by atoms with Crippen LogP contribution in [0, 0.1) is 0 Å². The van der Waals surface area contributed by atoms with Gasteiger partial charge in [-0.2, -0.15) is 0 Å². The van der Waals surface area contributed by atoms with Crippen LogP contribution in [0.15, 0.2) is 54.1 Å². The van der Waals surface area contributed by atoms with E-state index in [4.69, 9.17) is 14.2 Å². The molecule has 1 unspecified atom stereocenters. The average Bonchev–Trinajstić information content (AvgIpc) is 3.14. The molecule has 2 aliphatic rings. The van der Waals surface area contributed by atoms with Crippen LogP contribution in [0.1, 0.15) is 31.0 Å². The Balaban J connectivity index is 1.77. The van der Waals surface area contributed by atoms with Crippen molar-refractivity contribution in [1.29, 1.82) is 0 Å². The highest BCUT2D eigenvalue weighted by Gasteiger charge is 2.44. The zero-order valence-corrected chi connectivity index (χ0v) is 20.2. The fourth-order valence-corrected chi connectivity index (χ4v) is 4.62. The molecule has 8 heteroatoms. The summed E-state index contributed by atoms with van der Waals surface area (Å²) in [6.07, 6.45) is 0. The molecule has 2 aromatic rings. The summed E-state index contributed by atoms with van der Waals surface area (Å²) in [7, 11) is 0. The van der Waals surface area contributed by atoms with Crippen molar-refractivity contribution in [3.05, 3.63) is 65.2 Å². The lowest BCUT2D eigenvalue weighted by Crippen LogP contribution is -3.14. The monoisotopic (exact) mass is 480 g/mol. The minimum Gasteiger partial charge on any atom is -0.872 e. The van der Waals surface area contributed by atoms with Gasteiger partial charge in [0.05, 0.1) is 45.6 Å². The zero-order valence-electron chi connectivity index (χ0n) is 20.2. The van der Waals surface area contributed by atoms with E-state index in [0.717, 1.165) is 13.1 Å². The molecular formula is C27H32N2O6. The summed E-state index contributed by atoms with van der Waals surface area (Å²) in [5, 5.41) is 13.5. The summed E-state index contributed by atoms with van der Waals surface area (Å²) in [6, 6.07) is 13.2. The number of morpholine rings is 1. The quantitative estimate of drug-likeness (QED) is 0.322. The van der Waals surface area contributed by atoms with Gasteiger partial charge in [0.1, 0.15) is 13.1 Å². The van der Waals surface area contributed by atoms with Gasteiger partial charge in [-0.15, -0.1) is 0 Å². The number of nitrogens with zero attached hydrogens (tertiary/aromatic N) is 1. The predicted molar refractivity (Wildman–Crippen MR) is 128 cm³/mol. The standard InChI is InChI=1S/C27H32N2O6/c1-3-34-21-11-10-20(18-22(21)35-4-2)24-23(25(30)19-8-6-5-7-9-19)26(31)27(32)29(24)13-12-28-14-16-33-17-15-28/h5-11,18,24,30H,3-4,12-17H2,1-2H3. The fraction of sp³-hybridized carbons (Fsp3) is 0.407. The molecule has 0 spiro atoms. The largest absolute Gasteiger partial charge is 0.872 e. The van der Waals surface area contributed by atoms with Crippen LogP contribution < -0.4 is 19.5 Å². The third-order valence-corrected chi connectivity index (χ3v) is 6.35. The molecule has 35 heavy (non-hydrogen) atoms. The smallest absolute Gasteiger partial charge is 0.295 e. The Hall–Kier alpha value is -3.36. The van der Waals surface area contributed by atoms with E-state index in [9.17, 15) is 14.7 Å². The molecule has 0 bridgehead atoms. The predicted octanol–water partition coefficient (Wildman–Crippen LogP) is 0.623. The van der Waals surface area contributed by atoms with E-state index >= 15 is 0 Å². The molecule has 2 saturated heterocycles. The number of rotatable bonds is 9. The second-order valence-corrected chi connectivity index (χ2v) is 8.52. The second kappa shape index (κ2) is 11.4. The molecule has 1 atom stereocenters. The van der Waals surface area contributed by atoms with Crippen LogP contribution in [0.25, 0.3) is 5.76 Å². The first kappa shape index (κ1) is 24.8. The lowest BCUT2D eigenvalue weighted by Gasteiger charge is -2.30. The Morgan fingerprint density at radius 1 is 1.03 bits per heavy atom. The maximum absolute atomic E-state index is 13.5. The lowest BCUT2D eigenvalue weighted by molar-refractivity contribution is -0.907. The van der Waals surface area contributed by atoms with E-state index < -0.39 is 23.5 Å². The van der Waals surface area contributed by atoms with E-state index in [-0.39, 0.29) is 5.57 Å². The molecular weight excluding hydrogens is 448 g/mol. The van der Waals surface area contributed by atoms with Gasteiger partial charge < -0.3 is 29.1 Å². The summed E-state index contributed by atoms with van der Waals surface area (Å²) in [4.78, 5) is 29.3. The van der Waals surface area contributed by atoms with Gasteiger partial charge in [-0.05, 0) is 37.1 Å². The van der Waals surface area contributed by atoms with E-state index in [2.05, 4.69) is 0 Å². The van der Waals surface area contributed by atoms with Gasteiger partial charge in [-0.3, -0.25) is 9.59 Å². The molecule has 0 saturated carbocycles. The molecule has 0 radical (unpaired) electrons. The van der Waals surface area contributed by atoms with Gasteiger partial charge in [-0.25, -0.2) is 0 Å². The second-order valence-electron chi connectivity index (χ2n) is 8.52. The van der Waals surface area contributed by atoms with Crippen LogP contribution in [0.3, 0.4) is 0 Å². The summed E-state index contributed by atoms with van der Waals surface area (Å²) in [5.41, 5.74) is 1.00. The highest BCUT2D eigenvalue weighted by atomic mass is 16.5. The van der Waals surface area contributed by atoms with Crippen LogP contribution in [0.2, 0.25) is 0 Å². The third-order valence-electron chi connectivity index (χ3n) is 6.35. The van der Waals surface area contributed by atoms with E-state index in [1.807, 2.05) is 13.8 Å². The molecule has 1 amide bonds. The van der Waals surface area contributed by atoms with Crippen molar-refractivity contribution in [2.45, 2.75) is 19.9 Å². The van der Waals surface area contributed by atoms with Crippen LogP contribution in [-0.4, -0.2) is 69.2 Å². The first-order chi connectivity index (χ1) is 17.0. The highest BCUT2D eigenvalue weighted by molar-refractivity contribution is 6.46. The number of likely N-dealkylation sites (tertiary alicyclic amines) is 1. The lowest BCUT2D eigenvalue weighted by atomic mass is 9.95. The molecule has 0 aliphatic carbocycles. The Kier molecular flexibility index (Phi) is 8.05. The number of carbonyl (C=O) groups excluding carboxylic acids is 2. The van der Waals surface area contributed by atoms with Crippen molar-refractivity contribution in [2.24, 2.45) is 0 Å². The van der Waals surface area contributed by atoms with Gasteiger partial charge >= 0.3 is 0 Å². The highest BCUT2D eigenvalue weighted by Crippen LogP contribution is 2.41. The van der Waals surface area contributed by atoms with Crippen molar-refractivity contribution >= 4 is 17.4 Å². The number of carbonyl (C=O) groups is 2. The first-order valence-electron chi connectivity index (χ1n) is 12.2.